The summed E-state index contributed by atoms with van der Waals surface area (Å²) in [5.74, 6) is 0.446. The van der Waals surface area contributed by atoms with Crippen LogP contribution in [0.4, 0.5) is 4.79 Å². The van der Waals surface area contributed by atoms with E-state index in [-0.39, 0.29) is 6.09 Å². The van der Waals surface area contributed by atoms with Crippen molar-refractivity contribution < 1.29 is 9.53 Å². The molecule has 0 aliphatic heterocycles. The minimum Gasteiger partial charge on any atom is -0.444 e. The summed E-state index contributed by atoms with van der Waals surface area (Å²) >= 11 is 0. The lowest BCUT2D eigenvalue weighted by molar-refractivity contribution is 0.0523. The fraction of sp³-hybridized carbons (Fsp3) is 0.533. The van der Waals surface area contributed by atoms with Crippen molar-refractivity contribution in [2.45, 2.75) is 52.7 Å². The van der Waals surface area contributed by atoms with E-state index in [0.717, 1.165) is 5.56 Å². The van der Waals surface area contributed by atoms with Gasteiger partial charge in [0.25, 0.3) is 0 Å². The van der Waals surface area contributed by atoms with E-state index in [0.29, 0.717) is 12.5 Å². The van der Waals surface area contributed by atoms with Crippen molar-refractivity contribution in [2.24, 2.45) is 0 Å². The molecule has 1 aromatic rings. The van der Waals surface area contributed by atoms with Crippen molar-refractivity contribution >= 4 is 6.09 Å². The number of nitrogens with one attached hydrogen (secondary N) is 1. The highest BCUT2D eigenvalue weighted by Gasteiger charge is 2.16. The Morgan fingerprint density at radius 2 is 1.89 bits per heavy atom. The van der Waals surface area contributed by atoms with Gasteiger partial charge >= 0.3 is 6.09 Å². The topological polar surface area (TPSA) is 38.3 Å². The Kier molecular flexibility index (Phi) is 4.76. The van der Waals surface area contributed by atoms with Crippen molar-refractivity contribution in [3.8, 4) is 0 Å². The maximum absolute atomic E-state index is 11.6. The quantitative estimate of drug-likeness (QED) is 0.884. The van der Waals surface area contributed by atoms with E-state index >= 15 is 0 Å². The standard InChI is InChI=1S/C15H23NO2/c1-11(2)13-9-7-6-8-12(13)10-16-14(17)18-15(3,4)5/h6-9,11H,10H2,1-5H3,(H,16,17). The second kappa shape index (κ2) is 5.89. The molecule has 0 atom stereocenters. The largest absolute Gasteiger partial charge is 0.444 e. The van der Waals surface area contributed by atoms with Crippen LogP contribution in [0.25, 0.3) is 0 Å². The predicted octanol–water partition coefficient (Wildman–Crippen LogP) is 3.83. The Balaban J connectivity index is 2.61. The highest BCUT2D eigenvalue weighted by atomic mass is 16.6. The molecule has 3 heteroatoms. The van der Waals surface area contributed by atoms with Crippen molar-refractivity contribution in [3.05, 3.63) is 35.4 Å². The molecule has 0 aromatic heterocycles. The van der Waals surface area contributed by atoms with E-state index in [1.165, 1.54) is 5.56 Å². The third-order valence-electron chi connectivity index (χ3n) is 2.50. The molecule has 1 rings (SSSR count). The van der Waals surface area contributed by atoms with Crippen LogP contribution in [-0.4, -0.2) is 11.7 Å². The SMILES string of the molecule is CC(C)c1ccccc1CNC(=O)OC(C)(C)C. The second-order valence-corrected chi connectivity index (χ2v) is 5.71. The first-order valence-corrected chi connectivity index (χ1v) is 6.34. The van der Waals surface area contributed by atoms with E-state index in [2.05, 4.69) is 25.2 Å². The summed E-state index contributed by atoms with van der Waals surface area (Å²) in [5, 5.41) is 2.79. The fourth-order valence-corrected chi connectivity index (χ4v) is 1.74. The molecule has 0 saturated carbocycles. The molecule has 0 aliphatic carbocycles. The maximum atomic E-state index is 11.6. The van der Waals surface area contributed by atoms with Crippen LogP contribution in [0, 0.1) is 0 Å². The van der Waals surface area contributed by atoms with Crippen molar-refractivity contribution in [1.29, 1.82) is 0 Å². The molecule has 0 aliphatic rings. The number of hydrogen-bond acceptors (Lipinski definition) is 2. The molecule has 3 nitrogen and oxygen atoms in total. The number of carbonyl (C=O) groups is 1. The van der Waals surface area contributed by atoms with E-state index in [1.807, 2.05) is 39.0 Å². The highest BCUT2D eigenvalue weighted by molar-refractivity contribution is 5.67. The number of carbonyl (C=O) groups excluding carboxylic acids is 1. The van der Waals surface area contributed by atoms with Crippen LogP contribution in [0.3, 0.4) is 0 Å². The van der Waals surface area contributed by atoms with Gasteiger partial charge in [0.2, 0.25) is 0 Å². The first-order chi connectivity index (χ1) is 8.29. The second-order valence-electron chi connectivity index (χ2n) is 5.71. The predicted molar refractivity (Wildman–Crippen MR) is 73.6 cm³/mol. The Labute approximate surface area is 110 Å². The summed E-state index contributed by atoms with van der Waals surface area (Å²) in [4.78, 5) is 11.6. The van der Waals surface area contributed by atoms with E-state index in [9.17, 15) is 4.79 Å². The first-order valence-electron chi connectivity index (χ1n) is 6.34. The Hall–Kier alpha value is -1.51. The summed E-state index contributed by atoms with van der Waals surface area (Å²) in [6.45, 7) is 10.4. The number of ether oxygens (including phenoxy) is 1. The zero-order chi connectivity index (χ0) is 13.8. The van der Waals surface area contributed by atoms with E-state index in [1.54, 1.807) is 0 Å². The summed E-state index contributed by atoms with van der Waals surface area (Å²) in [6.07, 6.45) is -0.374. The maximum Gasteiger partial charge on any atom is 0.407 e. The normalized spacial score (nSPS) is 11.4. The smallest absolute Gasteiger partial charge is 0.407 e. The molecular weight excluding hydrogens is 226 g/mol. The molecule has 1 N–H and O–H groups in total. The van der Waals surface area contributed by atoms with Crippen LogP contribution < -0.4 is 5.32 Å². The highest BCUT2D eigenvalue weighted by Crippen LogP contribution is 2.19. The summed E-state index contributed by atoms with van der Waals surface area (Å²) in [6, 6.07) is 8.13. The summed E-state index contributed by atoms with van der Waals surface area (Å²) in [5.41, 5.74) is 1.94. The van der Waals surface area contributed by atoms with Crippen molar-refractivity contribution in [1.82, 2.24) is 5.32 Å². The van der Waals surface area contributed by atoms with Gasteiger partial charge in [0.05, 0.1) is 0 Å². The number of benzene rings is 1. The van der Waals surface area contributed by atoms with Gasteiger partial charge in [0.15, 0.2) is 0 Å². The van der Waals surface area contributed by atoms with Crippen molar-refractivity contribution in [3.63, 3.8) is 0 Å². The monoisotopic (exact) mass is 249 g/mol. The molecule has 1 amide bonds. The van der Waals surface area contributed by atoms with Gasteiger partial charge in [-0.1, -0.05) is 38.1 Å². The molecule has 0 unspecified atom stereocenters. The lowest BCUT2D eigenvalue weighted by Crippen LogP contribution is -2.32. The van der Waals surface area contributed by atoms with Gasteiger partial charge < -0.3 is 10.1 Å². The molecule has 1 aromatic carbocycles. The van der Waals surface area contributed by atoms with E-state index < -0.39 is 5.60 Å². The average molecular weight is 249 g/mol. The lowest BCUT2D eigenvalue weighted by Gasteiger charge is -2.20. The number of alkyl carbamates (subject to hydrolysis) is 1. The van der Waals surface area contributed by atoms with Crippen LogP contribution in [0.5, 0.6) is 0 Å². The van der Waals surface area contributed by atoms with Gasteiger partial charge in [-0.15, -0.1) is 0 Å². The minimum atomic E-state index is -0.457. The number of amides is 1. The molecule has 0 saturated heterocycles. The van der Waals surface area contributed by atoms with Gasteiger partial charge in [-0.3, -0.25) is 0 Å². The molecule has 0 heterocycles. The van der Waals surface area contributed by atoms with Crippen LogP contribution in [0.2, 0.25) is 0 Å². The van der Waals surface area contributed by atoms with Gasteiger partial charge in [-0.25, -0.2) is 4.79 Å². The minimum absolute atomic E-state index is 0.374. The Morgan fingerprint density at radius 3 is 2.44 bits per heavy atom. The van der Waals surface area contributed by atoms with Gasteiger partial charge in [-0.05, 0) is 37.8 Å². The first kappa shape index (κ1) is 14.6. The Bertz CT molecular complexity index is 405. The molecule has 0 bridgehead atoms. The van der Waals surface area contributed by atoms with Crippen LogP contribution in [0.15, 0.2) is 24.3 Å². The Morgan fingerprint density at radius 1 is 1.28 bits per heavy atom. The molecule has 100 valence electrons. The number of rotatable bonds is 3. The van der Waals surface area contributed by atoms with Gasteiger partial charge in [-0.2, -0.15) is 0 Å². The van der Waals surface area contributed by atoms with Crippen LogP contribution in [-0.2, 0) is 11.3 Å². The molecule has 0 spiro atoms. The van der Waals surface area contributed by atoms with Crippen molar-refractivity contribution in [2.75, 3.05) is 0 Å². The lowest BCUT2D eigenvalue weighted by atomic mass is 9.97. The molecular formula is C15H23NO2. The average Bonchev–Trinajstić information content (AvgIpc) is 2.24. The summed E-state index contributed by atoms with van der Waals surface area (Å²) < 4.78 is 5.21. The zero-order valence-electron chi connectivity index (χ0n) is 11.9. The molecule has 0 radical (unpaired) electrons. The third kappa shape index (κ3) is 4.78. The van der Waals surface area contributed by atoms with Crippen LogP contribution in [0.1, 0.15) is 51.7 Å². The molecule has 0 fully saturated rings. The summed E-state index contributed by atoms with van der Waals surface area (Å²) in [7, 11) is 0. The van der Waals surface area contributed by atoms with Gasteiger partial charge in [0, 0.05) is 6.54 Å². The van der Waals surface area contributed by atoms with Crippen LogP contribution >= 0.6 is 0 Å². The third-order valence-corrected chi connectivity index (χ3v) is 2.50. The fourth-order valence-electron chi connectivity index (χ4n) is 1.74. The molecule has 18 heavy (non-hydrogen) atoms. The van der Waals surface area contributed by atoms with E-state index in [4.69, 9.17) is 4.74 Å². The van der Waals surface area contributed by atoms with Gasteiger partial charge in [0.1, 0.15) is 5.60 Å². The number of hydrogen-bond donors (Lipinski definition) is 1. The zero-order valence-corrected chi connectivity index (χ0v) is 11.9.